The number of methoxy groups -OCH3 is 1. The van der Waals surface area contributed by atoms with E-state index in [9.17, 15) is 0 Å². The summed E-state index contributed by atoms with van der Waals surface area (Å²) in [6.45, 7) is 7.02. The highest BCUT2D eigenvalue weighted by Crippen LogP contribution is 2.25. The van der Waals surface area contributed by atoms with Gasteiger partial charge < -0.3 is 10.1 Å². The molecular formula is C14H23N3O. The number of hydrogen-bond donors (Lipinski definition) is 1. The lowest BCUT2D eigenvalue weighted by Crippen LogP contribution is -2.28. The molecule has 2 rings (SSSR count). The predicted molar refractivity (Wildman–Crippen MR) is 71.3 cm³/mol. The number of nitrogens with zero attached hydrogens (tertiary/aromatic N) is 2. The Hall–Kier alpha value is -1.00. The van der Waals surface area contributed by atoms with Gasteiger partial charge in [0.05, 0.1) is 5.69 Å². The molecule has 1 unspecified atom stereocenters. The Labute approximate surface area is 109 Å². The molecule has 0 aliphatic heterocycles. The molecule has 1 aliphatic carbocycles. The quantitative estimate of drug-likeness (QED) is 0.840. The van der Waals surface area contributed by atoms with E-state index >= 15 is 0 Å². The van der Waals surface area contributed by atoms with Crippen molar-refractivity contribution in [3.8, 4) is 0 Å². The summed E-state index contributed by atoms with van der Waals surface area (Å²) in [4.78, 5) is 9.12. The van der Waals surface area contributed by atoms with Gasteiger partial charge in [0.2, 0.25) is 0 Å². The molecule has 1 fully saturated rings. The van der Waals surface area contributed by atoms with Crippen LogP contribution < -0.4 is 5.32 Å². The largest absolute Gasteiger partial charge is 0.371 e. The van der Waals surface area contributed by atoms with Crippen molar-refractivity contribution in [2.45, 2.75) is 58.2 Å². The molecule has 1 aliphatic rings. The number of aryl methyl sites for hydroxylation is 1. The molecule has 0 bridgehead atoms. The van der Waals surface area contributed by atoms with Crippen LogP contribution in [-0.4, -0.2) is 23.1 Å². The van der Waals surface area contributed by atoms with Crippen LogP contribution in [0.3, 0.4) is 0 Å². The molecule has 1 N–H and O–H groups in total. The molecule has 4 nitrogen and oxygen atoms in total. The van der Waals surface area contributed by atoms with E-state index in [0.717, 1.165) is 30.0 Å². The van der Waals surface area contributed by atoms with Gasteiger partial charge in [-0.1, -0.05) is 6.92 Å². The molecule has 0 aromatic carbocycles. The van der Waals surface area contributed by atoms with Crippen molar-refractivity contribution in [1.82, 2.24) is 15.3 Å². The number of hydrogen-bond acceptors (Lipinski definition) is 4. The third-order valence-electron chi connectivity index (χ3n) is 3.81. The molecule has 18 heavy (non-hydrogen) atoms. The standard InChI is InChI=1S/C14H23N3O/c1-5-14(3,18-4)13-16-8-10(2)12(17-13)9-15-11-6-7-11/h8,11,15H,5-7,9H2,1-4H3. The van der Waals surface area contributed by atoms with Gasteiger partial charge in [0.15, 0.2) is 5.82 Å². The number of ether oxygens (including phenoxy) is 1. The Morgan fingerprint density at radius 1 is 1.50 bits per heavy atom. The second kappa shape index (κ2) is 5.33. The first-order valence-electron chi connectivity index (χ1n) is 6.70. The zero-order chi connectivity index (χ0) is 13.2. The van der Waals surface area contributed by atoms with Crippen LogP contribution in [0, 0.1) is 6.92 Å². The lowest BCUT2D eigenvalue weighted by atomic mass is 10.0. The second-order valence-electron chi connectivity index (χ2n) is 5.27. The summed E-state index contributed by atoms with van der Waals surface area (Å²) in [5, 5.41) is 3.50. The first-order chi connectivity index (χ1) is 8.59. The Morgan fingerprint density at radius 2 is 2.22 bits per heavy atom. The fraction of sp³-hybridized carbons (Fsp3) is 0.714. The summed E-state index contributed by atoms with van der Waals surface area (Å²) in [7, 11) is 1.72. The molecule has 1 aromatic heterocycles. The molecule has 0 amide bonds. The van der Waals surface area contributed by atoms with E-state index in [-0.39, 0.29) is 5.60 Å². The highest BCUT2D eigenvalue weighted by molar-refractivity contribution is 5.18. The van der Waals surface area contributed by atoms with E-state index in [2.05, 4.69) is 29.1 Å². The SMILES string of the molecule is CCC(C)(OC)c1ncc(C)c(CNC2CC2)n1. The molecule has 100 valence electrons. The lowest BCUT2D eigenvalue weighted by Gasteiger charge is -2.25. The van der Waals surface area contributed by atoms with Crippen molar-refractivity contribution in [3.63, 3.8) is 0 Å². The molecule has 0 saturated heterocycles. The highest BCUT2D eigenvalue weighted by Gasteiger charge is 2.28. The average Bonchev–Trinajstić information content (AvgIpc) is 3.21. The van der Waals surface area contributed by atoms with Crippen molar-refractivity contribution < 1.29 is 4.74 Å². The number of rotatable bonds is 6. The molecule has 4 heteroatoms. The van der Waals surface area contributed by atoms with E-state index in [1.165, 1.54) is 12.8 Å². The first kappa shape index (κ1) is 13.4. The fourth-order valence-electron chi connectivity index (χ4n) is 1.83. The van der Waals surface area contributed by atoms with Crippen LogP contribution in [0.4, 0.5) is 0 Å². The van der Waals surface area contributed by atoms with Gasteiger partial charge in [-0.25, -0.2) is 9.97 Å². The Bertz CT molecular complexity index is 412. The van der Waals surface area contributed by atoms with Crippen molar-refractivity contribution >= 4 is 0 Å². The minimum Gasteiger partial charge on any atom is -0.371 e. The van der Waals surface area contributed by atoms with Crippen molar-refractivity contribution in [1.29, 1.82) is 0 Å². The van der Waals surface area contributed by atoms with Crippen LogP contribution in [0.25, 0.3) is 0 Å². The van der Waals surface area contributed by atoms with Crippen molar-refractivity contribution in [2.24, 2.45) is 0 Å². The lowest BCUT2D eigenvalue weighted by molar-refractivity contribution is -0.00920. The molecule has 1 heterocycles. The van der Waals surface area contributed by atoms with Crippen LogP contribution >= 0.6 is 0 Å². The molecule has 0 radical (unpaired) electrons. The van der Waals surface area contributed by atoms with Crippen LogP contribution in [0.2, 0.25) is 0 Å². The summed E-state index contributed by atoms with van der Waals surface area (Å²) in [6, 6.07) is 0.697. The Kier molecular flexibility index (Phi) is 3.97. The van der Waals surface area contributed by atoms with Gasteiger partial charge >= 0.3 is 0 Å². The van der Waals surface area contributed by atoms with Crippen LogP contribution in [0.15, 0.2) is 6.20 Å². The van der Waals surface area contributed by atoms with E-state index in [4.69, 9.17) is 4.74 Å². The average molecular weight is 249 g/mol. The molecule has 1 saturated carbocycles. The monoisotopic (exact) mass is 249 g/mol. The Morgan fingerprint density at radius 3 is 2.78 bits per heavy atom. The zero-order valence-corrected chi connectivity index (χ0v) is 11.8. The second-order valence-corrected chi connectivity index (χ2v) is 5.27. The zero-order valence-electron chi connectivity index (χ0n) is 11.8. The van der Waals surface area contributed by atoms with Gasteiger partial charge in [-0.15, -0.1) is 0 Å². The summed E-state index contributed by atoms with van der Waals surface area (Å²) >= 11 is 0. The van der Waals surface area contributed by atoms with Crippen molar-refractivity contribution in [2.75, 3.05) is 7.11 Å². The summed E-state index contributed by atoms with van der Waals surface area (Å²) in [6.07, 6.45) is 5.35. The summed E-state index contributed by atoms with van der Waals surface area (Å²) < 4.78 is 5.56. The van der Waals surface area contributed by atoms with Gasteiger partial charge in [0.1, 0.15) is 5.60 Å². The van der Waals surface area contributed by atoms with Gasteiger partial charge in [0.25, 0.3) is 0 Å². The van der Waals surface area contributed by atoms with E-state index in [0.29, 0.717) is 6.04 Å². The third kappa shape index (κ3) is 2.87. The maximum Gasteiger partial charge on any atom is 0.160 e. The molecule has 1 atom stereocenters. The maximum atomic E-state index is 5.56. The van der Waals surface area contributed by atoms with Gasteiger partial charge in [-0.2, -0.15) is 0 Å². The smallest absolute Gasteiger partial charge is 0.160 e. The van der Waals surface area contributed by atoms with Crippen LogP contribution in [-0.2, 0) is 16.9 Å². The van der Waals surface area contributed by atoms with E-state index in [1.807, 2.05) is 13.1 Å². The minimum atomic E-state index is -0.387. The Balaban J connectivity index is 2.18. The van der Waals surface area contributed by atoms with E-state index in [1.54, 1.807) is 7.11 Å². The predicted octanol–water partition coefficient (Wildman–Crippen LogP) is 2.31. The van der Waals surface area contributed by atoms with Crippen LogP contribution in [0.5, 0.6) is 0 Å². The normalized spacial score (nSPS) is 18.7. The van der Waals surface area contributed by atoms with Crippen molar-refractivity contribution in [3.05, 3.63) is 23.3 Å². The number of nitrogens with one attached hydrogen (secondary N) is 1. The molecule has 1 aromatic rings. The van der Waals surface area contributed by atoms with Gasteiger partial charge in [-0.05, 0) is 38.7 Å². The minimum absolute atomic E-state index is 0.387. The van der Waals surface area contributed by atoms with Crippen LogP contribution in [0.1, 0.15) is 50.2 Å². The number of aromatic nitrogens is 2. The fourth-order valence-corrected chi connectivity index (χ4v) is 1.83. The van der Waals surface area contributed by atoms with E-state index < -0.39 is 0 Å². The first-order valence-corrected chi connectivity index (χ1v) is 6.70. The third-order valence-corrected chi connectivity index (χ3v) is 3.81. The summed E-state index contributed by atoms with van der Waals surface area (Å²) in [5.41, 5.74) is 1.84. The molecule has 0 spiro atoms. The highest BCUT2D eigenvalue weighted by atomic mass is 16.5. The van der Waals surface area contributed by atoms with Gasteiger partial charge in [0, 0.05) is 25.9 Å². The molecular weight excluding hydrogens is 226 g/mol. The van der Waals surface area contributed by atoms with Gasteiger partial charge in [-0.3, -0.25) is 0 Å². The maximum absolute atomic E-state index is 5.56. The topological polar surface area (TPSA) is 47.0 Å². The summed E-state index contributed by atoms with van der Waals surface area (Å²) in [5.74, 6) is 0.783.